The molecule has 0 heterocycles. The smallest absolute Gasteiger partial charge is 0.123 e. The molecule has 1 aromatic carbocycles. The summed E-state index contributed by atoms with van der Waals surface area (Å²) in [5.41, 5.74) is 6.77. The van der Waals surface area contributed by atoms with Gasteiger partial charge in [0.15, 0.2) is 0 Å². The fraction of sp³-hybridized carbons (Fsp3) is 0.500. The van der Waals surface area contributed by atoms with Crippen LogP contribution in [0.3, 0.4) is 0 Å². The highest BCUT2D eigenvalue weighted by Crippen LogP contribution is 2.36. The van der Waals surface area contributed by atoms with Gasteiger partial charge in [-0.2, -0.15) is 0 Å². The van der Waals surface area contributed by atoms with Crippen LogP contribution in [-0.4, -0.2) is 18.9 Å². The summed E-state index contributed by atoms with van der Waals surface area (Å²) in [6.45, 7) is 5.06. The van der Waals surface area contributed by atoms with Crippen molar-refractivity contribution in [3.8, 4) is 5.75 Å². The maximum absolute atomic E-state index is 5.88. The largest absolute Gasteiger partial charge is 0.474 e. The Morgan fingerprint density at radius 2 is 1.73 bits per heavy atom. The van der Waals surface area contributed by atoms with E-state index >= 15 is 0 Å². The normalized spacial score (nSPS) is 10.7. The van der Waals surface area contributed by atoms with E-state index < -0.39 is 0 Å². The molecule has 0 bridgehead atoms. The lowest BCUT2D eigenvalue weighted by Crippen LogP contribution is -2.02. The molecule has 0 amide bonds. The Labute approximate surface area is 93.7 Å². The first-order valence-electron chi connectivity index (χ1n) is 5.52. The highest BCUT2D eigenvalue weighted by Gasteiger charge is 2.04. The van der Waals surface area contributed by atoms with Gasteiger partial charge in [0.2, 0.25) is 0 Å². The van der Waals surface area contributed by atoms with Gasteiger partial charge in [-0.15, -0.1) is 0 Å². The molecule has 0 fully saturated rings. The molecule has 0 spiro atoms. The minimum absolute atomic E-state index is 0.275. The van der Waals surface area contributed by atoms with Crippen LogP contribution in [0.25, 0.3) is 0 Å². The van der Waals surface area contributed by atoms with E-state index in [0.29, 0.717) is 6.54 Å². The Hall–Kier alpha value is -0.590. The summed E-state index contributed by atoms with van der Waals surface area (Å²) in [5.74, 6) is 0.991. The summed E-state index contributed by atoms with van der Waals surface area (Å²) in [6, 6.07) is 8.29. The van der Waals surface area contributed by atoms with E-state index in [9.17, 15) is 0 Å². The average Bonchev–Trinajstić information content (AvgIpc) is 2.28. The van der Waals surface area contributed by atoms with Gasteiger partial charge in [-0.3, -0.25) is 0 Å². The molecular weight excluding hydrogens is 205 g/mol. The third kappa shape index (κ3) is 4.19. The van der Waals surface area contributed by atoms with Crippen molar-refractivity contribution >= 4 is 8.15 Å². The molecule has 0 unspecified atom stereocenters. The third-order valence-electron chi connectivity index (χ3n) is 2.30. The Morgan fingerprint density at radius 3 is 2.20 bits per heavy atom. The van der Waals surface area contributed by atoms with Crippen LogP contribution < -0.4 is 10.3 Å². The minimum Gasteiger partial charge on any atom is -0.474 e. The summed E-state index contributed by atoms with van der Waals surface area (Å²) in [4.78, 5) is 0. The van der Waals surface area contributed by atoms with Gasteiger partial charge in [0.25, 0.3) is 0 Å². The molecule has 0 saturated heterocycles. The first-order valence-corrected chi connectivity index (χ1v) is 7.15. The topological polar surface area (TPSA) is 35.2 Å². The highest BCUT2D eigenvalue weighted by molar-refractivity contribution is 7.52. The molecule has 0 aliphatic heterocycles. The third-order valence-corrected chi connectivity index (χ3v) is 4.18. The van der Waals surface area contributed by atoms with Gasteiger partial charge in [0.05, 0.1) is 8.15 Å². The number of benzene rings is 1. The van der Waals surface area contributed by atoms with Crippen LogP contribution in [-0.2, 0) is 6.42 Å². The second kappa shape index (κ2) is 6.81. The highest BCUT2D eigenvalue weighted by atomic mass is 31.1. The molecule has 1 aromatic rings. The molecule has 84 valence electrons. The van der Waals surface area contributed by atoms with Crippen LogP contribution in [0.4, 0.5) is 0 Å². The van der Waals surface area contributed by atoms with E-state index in [1.54, 1.807) is 0 Å². The zero-order valence-electron chi connectivity index (χ0n) is 9.57. The minimum atomic E-state index is -0.275. The molecule has 0 aliphatic carbocycles. The molecule has 2 nitrogen and oxygen atoms in total. The van der Waals surface area contributed by atoms with E-state index in [1.807, 2.05) is 12.1 Å². The van der Waals surface area contributed by atoms with Crippen molar-refractivity contribution in [2.75, 3.05) is 18.9 Å². The van der Waals surface area contributed by atoms with Crippen molar-refractivity contribution in [3.63, 3.8) is 0 Å². The van der Waals surface area contributed by atoms with Gasteiger partial charge in [0.1, 0.15) is 5.75 Å². The molecule has 0 radical (unpaired) electrons. The van der Waals surface area contributed by atoms with E-state index in [1.165, 1.54) is 5.56 Å². The monoisotopic (exact) mass is 225 g/mol. The lowest BCUT2D eigenvalue weighted by molar-refractivity contribution is 0.613. The summed E-state index contributed by atoms with van der Waals surface area (Å²) >= 11 is 0. The van der Waals surface area contributed by atoms with Crippen LogP contribution in [0.5, 0.6) is 5.75 Å². The average molecular weight is 225 g/mol. The van der Waals surface area contributed by atoms with E-state index in [2.05, 4.69) is 26.0 Å². The number of hydrogen-bond acceptors (Lipinski definition) is 2. The van der Waals surface area contributed by atoms with E-state index in [-0.39, 0.29) is 8.15 Å². The first-order chi connectivity index (χ1) is 7.30. The van der Waals surface area contributed by atoms with Crippen LogP contribution in [0, 0.1) is 0 Å². The van der Waals surface area contributed by atoms with Crippen molar-refractivity contribution in [3.05, 3.63) is 29.8 Å². The summed E-state index contributed by atoms with van der Waals surface area (Å²) in [5, 5.41) is 0. The molecule has 3 heteroatoms. The van der Waals surface area contributed by atoms with Crippen LogP contribution in [0.1, 0.15) is 19.4 Å². The quantitative estimate of drug-likeness (QED) is 0.755. The van der Waals surface area contributed by atoms with E-state index in [4.69, 9.17) is 10.3 Å². The number of nitrogens with two attached hydrogens (primary N) is 1. The second-order valence-corrected chi connectivity index (χ2v) is 5.80. The van der Waals surface area contributed by atoms with Crippen molar-refractivity contribution in [1.29, 1.82) is 0 Å². The zero-order valence-corrected chi connectivity index (χ0v) is 10.5. The molecule has 2 N–H and O–H groups in total. The van der Waals surface area contributed by atoms with Gasteiger partial charge in [-0.25, -0.2) is 0 Å². The van der Waals surface area contributed by atoms with Gasteiger partial charge < -0.3 is 10.3 Å². The lowest BCUT2D eigenvalue weighted by atomic mass is 10.1. The molecule has 0 atom stereocenters. The van der Waals surface area contributed by atoms with Crippen molar-refractivity contribution in [2.45, 2.75) is 20.3 Å². The maximum Gasteiger partial charge on any atom is 0.123 e. The Bertz CT molecular complexity index is 269. The van der Waals surface area contributed by atoms with Gasteiger partial charge in [-0.1, -0.05) is 26.0 Å². The molecule has 0 aromatic heterocycles. The fourth-order valence-electron chi connectivity index (χ4n) is 1.39. The van der Waals surface area contributed by atoms with E-state index in [0.717, 1.165) is 24.5 Å². The SMILES string of the molecule is CCP(CC)Oc1ccc(CCN)cc1. The predicted molar refractivity (Wildman–Crippen MR) is 67.8 cm³/mol. The van der Waals surface area contributed by atoms with Gasteiger partial charge in [0, 0.05) is 12.3 Å². The molecule has 1 rings (SSSR count). The van der Waals surface area contributed by atoms with Gasteiger partial charge >= 0.3 is 0 Å². The summed E-state index contributed by atoms with van der Waals surface area (Å²) in [7, 11) is -0.275. The standard InChI is InChI=1S/C12H20NOP/c1-3-15(4-2)14-12-7-5-11(6-8-12)9-10-13/h5-8H,3-4,9-10,13H2,1-2H3. The zero-order chi connectivity index (χ0) is 11.1. The fourth-order valence-corrected chi connectivity index (χ4v) is 2.51. The van der Waals surface area contributed by atoms with Crippen LogP contribution in [0.2, 0.25) is 0 Å². The number of hydrogen-bond donors (Lipinski definition) is 1. The second-order valence-electron chi connectivity index (χ2n) is 3.39. The lowest BCUT2D eigenvalue weighted by Gasteiger charge is -2.15. The predicted octanol–water partition coefficient (Wildman–Crippen LogP) is 3.00. The molecular formula is C12H20NOP. The Morgan fingerprint density at radius 1 is 1.13 bits per heavy atom. The first kappa shape index (κ1) is 12.5. The van der Waals surface area contributed by atoms with Crippen molar-refractivity contribution in [1.82, 2.24) is 0 Å². The maximum atomic E-state index is 5.88. The molecule has 0 aliphatic rings. The number of rotatable bonds is 6. The Balaban J connectivity index is 2.55. The molecule has 0 saturated carbocycles. The van der Waals surface area contributed by atoms with Crippen LogP contribution in [0.15, 0.2) is 24.3 Å². The summed E-state index contributed by atoms with van der Waals surface area (Å²) in [6.07, 6.45) is 3.18. The van der Waals surface area contributed by atoms with Crippen LogP contribution >= 0.6 is 8.15 Å². The van der Waals surface area contributed by atoms with Gasteiger partial charge in [-0.05, 0) is 30.7 Å². The Kier molecular flexibility index (Phi) is 5.67. The van der Waals surface area contributed by atoms with Crippen molar-refractivity contribution in [2.24, 2.45) is 5.73 Å². The summed E-state index contributed by atoms with van der Waals surface area (Å²) < 4.78 is 5.88. The van der Waals surface area contributed by atoms with Crippen molar-refractivity contribution < 1.29 is 4.52 Å². The molecule has 15 heavy (non-hydrogen) atoms.